The van der Waals surface area contributed by atoms with Gasteiger partial charge in [0.05, 0.1) is 11.1 Å². The van der Waals surface area contributed by atoms with E-state index in [0.29, 0.717) is 22.7 Å². The van der Waals surface area contributed by atoms with Crippen LogP contribution in [0.5, 0.6) is 0 Å². The number of hydrogen-bond donors (Lipinski definition) is 1. The second-order valence-corrected chi connectivity index (χ2v) is 10.6. The lowest BCUT2D eigenvalue weighted by atomic mass is 9.63. The molecule has 1 N–H and O–H groups in total. The highest BCUT2D eigenvalue weighted by molar-refractivity contribution is 6.62. The van der Waals surface area contributed by atoms with E-state index < -0.39 is 22.6 Å². The summed E-state index contributed by atoms with van der Waals surface area (Å²) in [5, 5.41) is 2.57. The molecule has 2 aromatic rings. The van der Waals surface area contributed by atoms with Gasteiger partial charge >= 0.3 is 5.37 Å². The number of anilines is 1. The van der Waals surface area contributed by atoms with Crippen molar-refractivity contribution in [2.75, 3.05) is 11.9 Å². The SMILES string of the molecule is CC(C)(C)CC1CN(C(=O)Cl)C(c2cccc(Cl)c2F)C12C(=O)Nc1cc(Cl)ccc12. The third-order valence-electron chi connectivity index (χ3n) is 6.22. The second kappa shape index (κ2) is 7.65. The van der Waals surface area contributed by atoms with Crippen LogP contribution in [0.15, 0.2) is 36.4 Å². The van der Waals surface area contributed by atoms with E-state index in [4.69, 9.17) is 34.8 Å². The van der Waals surface area contributed by atoms with E-state index in [1.807, 2.05) is 0 Å². The molecule has 2 aliphatic heterocycles. The highest BCUT2D eigenvalue weighted by Crippen LogP contribution is 2.60. The molecular formula is C23H22Cl3FN2O2. The molecular weight excluding hydrogens is 462 g/mol. The van der Waals surface area contributed by atoms with Crippen LogP contribution in [0.2, 0.25) is 10.0 Å². The zero-order chi connectivity index (χ0) is 22.7. The summed E-state index contributed by atoms with van der Waals surface area (Å²) in [4.78, 5) is 27.6. The van der Waals surface area contributed by atoms with Gasteiger partial charge in [0.25, 0.3) is 0 Å². The molecule has 164 valence electrons. The van der Waals surface area contributed by atoms with Crippen molar-refractivity contribution in [3.63, 3.8) is 0 Å². The van der Waals surface area contributed by atoms with Crippen LogP contribution in [-0.2, 0) is 10.2 Å². The highest BCUT2D eigenvalue weighted by Gasteiger charge is 2.65. The molecule has 2 heterocycles. The van der Waals surface area contributed by atoms with Gasteiger partial charge in [-0.25, -0.2) is 4.39 Å². The highest BCUT2D eigenvalue weighted by atomic mass is 35.5. The van der Waals surface area contributed by atoms with Crippen LogP contribution >= 0.6 is 34.8 Å². The van der Waals surface area contributed by atoms with E-state index in [1.54, 1.807) is 30.3 Å². The molecule has 1 spiro atoms. The first-order valence-electron chi connectivity index (χ1n) is 9.98. The summed E-state index contributed by atoms with van der Waals surface area (Å²) in [5.41, 5.74) is 0.0173. The predicted octanol–water partition coefficient (Wildman–Crippen LogP) is 6.79. The fraction of sp³-hybridized carbons (Fsp3) is 0.391. The summed E-state index contributed by atoms with van der Waals surface area (Å²) in [6.45, 7) is 6.41. The van der Waals surface area contributed by atoms with Crippen molar-refractivity contribution in [2.24, 2.45) is 11.3 Å². The average Bonchev–Trinajstić information content (AvgIpc) is 3.12. The largest absolute Gasteiger partial charge is 0.325 e. The van der Waals surface area contributed by atoms with Gasteiger partial charge in [-0.1, -0.05) is 62.2 Å². The molecule has 0 aromatic heterocycles. The topological polar surface area (TPSA) is 49.4 Å². The van der Waals surface area contributed by atoms with Crippen molar-refractivity contribution in [3.05, 3.63) is 63.4 Å². The number of amides is 2. The molecule has 0 bridgehead atoms. The van der Waals surface area contributed by atoms with Gasteiger partial charge in [0.2, 0.25) is 5.91 Å². The fourth-order valence-corrected chi connectivity index (χ4v) is 5.76. The molecule has 4 nitrogen and oxygen atoms in total. The Hall–Kier alpha value is -1.82. The number of likely N-dealkylation sites (tertiary alicyclic amines) is 1. The molecule has 3 atom stereocenters. The summed E-state index contributed by atoms with van der Waals surface area (Å²) < 4.78 is 15.3. The first kappa shape index (κ1) is 22.4. The van der Waals surface area contributed by atoms with E-state index in [2.05, 4.69) is 26.1 Å². The molecule has 1 saturated heterocycles. The zero-order valence-electron chi connectivity index (χ0n) is 17.3. The lowest BCUT2D eigenvalue weighted by Crippen LogP contribution is -2.46. The quantitative estimate of drug-likeness (QED) is 0.377. The number of benzene rings is 2. The van der Waals surface area contributed by atoms with Gasteiger partial charge in [-0.15, -0.1) is 0 Å². The van der Waals surface area contributed by atoms with Crippen LogP contribution in [0.3, 0.4) is 0 Å². The van der Waals surface area contributed by atoms with Crippen LogP contribution < -0.4 is 5.32 Å². The monoisotopic (exact) mass is 482 g/mol. The van der Waals surface area contributed by atoms with Gasteiger partial charge in [0, 0.05) is 22.8 Å². The van der Waals surface area contributed by atoms with Gasteiger partial charge in [0.1, 0.15) is 11.2 Å². The minimum Gasteiger partial charge on any atom is -0.325 e. The number of fused-ring (bicyclic) bond motifs is 2. The maximum Gasteiger partial charge on any atom is 0.316 e. The van der Waals surface area contributed by atoms with Crippen LogP contribution in [0, 0.1) is 17.2 Å². The minimum atomic E-state index is -1.23. The maximum atomic E-state index is 15.3. The Morgan fingerprint density at radius 1 is 1.26 bits per heavy atom. The Kier molecular flexibility index (Phi) is 5.52. The van der Waals surface area contributed by atoms with Crippen molar-refractivity contribution < 1.29 is 14.0 Å². The summed E-state index contributed by atoms with van der Waals surface area (Å²) >= 11 is 18.3. The van der Waals surface area contributed by atoms with Crippen LogP contribution in [0.1, 0.15) is 44.4 Å². The Labute approximate surface area is 195 Å². The van der Waals surface area contributed by atoms with Crippen molar-refractivity contribution in [1.29, 1.82) is 0 Å². The molecule has 0 saturated carbocycles. The maximum absolute atomic E-state index is 15.3. The molecule has 3 unspecified atom stereocenters. The van der Waals surface area contributed by atoms with Gasteiger partial charge in [-0.2, -0.15) is 0 Å². The molecule has 2 amide bonds. The average molecular weight is 484 g/mol. The molecule has 2 aromatic carbocycles. The third-order valence-corrected chi connectivity index (χ3v) is 6.96. The number of carbonyl (C=O) groups is 2. The number of carbonyl (C=O) groups excluding carboxylic acids is 2. The number of nitrogens with one attached hydrogen (secondary N) is 1. The number of rotatable bonds is 2. The Bertz CT molecular complexity index is 1080. The van der Waals surface area contributed by atoms with Crippen molar-refractivity contribution in [2.45, 2.75) is 38.6 Å². The predicted molar refractivity (Wildman–Crippen MR) is 121 cm³/mol. The van der Waals surface area contributed by atoms with Crippen molar-refractivity contribution in [1.82, 2.24) is 4.90 Å². The summed E-state index contributed by atoms with van der Waals surface area (Å²) in [7, 11) is 0. The minimum absolute atomic E-state index is 0.0800. The number of nitrogens with zero attached hydrogens (tertiary/aromatic N) is 1. The molecule has 8 heteroatoms. The zero-order valence-corrected chi connectivity index (χ0v) is 19.6. The van der Waals surface area contributed by atoms with E-state index in [9.17, 15) is 9.59 Å². The molecule has 4 rings (SSSR count). The first-order chi connectivity index (χ1) is 14.5. The lowest BCUT2D eigenvalue weighted by molar-refractivity contribution is -0.123. The summed E-state index contributed by atoms with van der Waals surface area (Å²) in [6, 6.07) is 8.80. The molecule has 0 radical (unpaired) electrons. The lowest BCUT2D eigenvalue weighted by Gasteiger charge is -2.38. The second-order valence-electron chi connectivity index (χ2n) is 9.43. The summed E-state index contributed by atoms with van der Waals surface area (Å²) in [5.74, 6) is -1.27. The molecule has 0 aliphatic carbocycles. The summed E-state index contributed by atoms with van der Waals surface area (Å²) in [6.07, 6.45) is 0.613. The fourth-order valence-electron chi connectivity index (χ4n) is 5.24. The molecule has 2 aliphatic rings. The van der Waals surface area contributed by atoms with Gasteiger partial charge in [-0.05, 0) is 53.1 Å². The molecule has 31 heavy (non-hydrogen) atoms. The van der Waals surface area contributed by atoms with Gasteiger partial charge in [-0.3, -0.25) is 9.59 Å². The van der Waals surface area contributed by atoms with Gasteiger partial charge in [0.15, 0.2) is 0 Å². The smallest absolute Gasteiger partial charge is 0.316 e. The van der Waals surface area contributed by atoms with Crippen LogP contribution in [0.25, 0.3) is 0 Å². The Morgan fingerprint density at radius 2 is 1.97 bits per heavy atom. The van der Waals surface area contributed by atoms with E-state index >= 15 is 4.39 Å². The van der Waals surface area contributed by atoms with Gasteiger partial charge < -0.3 is 10.2 Å². The van der Waals surface area contributed by atoms with Crippen molar-refractivity contribution >= 4 is 51.8 Å². The van der Waals surface area contributed by atoms with E-state index in [-0.39, 0.29) is 34.4 Å². The van der Waals surface area contributed by atoms with Crippen molar-refractivity contribution in [3.8, 4) is 0 Å². The third kappa shape index (κ3) is 3.51. The normalized spacial score (nSPS) is 25.1. The number of halogens is 4. The molecule has 1 fully saturated rings. The Morgan fingerprint density at radius 3 is 2.61 bits per heavy atom. The first-order valence-corrected chi connectivity index (χ1v) is 11.1. The Balaban J connectivity index is 2.04. The van der Waals surface area contributed by atoms with E-state index in [0.717, 1.165) is 0 Å². The van der Waals surface area contributed by atoms with Crippen LogP contribution in [-0.4, -0.2) is 22.7 Å². The standard InChI is InChI=1S/C23H22Cl3FN2O2/c1-22(2,3)10-12-11-29(21(26)31)19(14-5-4-6-16(25)18(14)27)23(12)15-8-7-13(24)9-17(15)28-20(23)30/h4-9,12,19H,10-11H2,1-3H3,(H,28,30). The van der Waals surface area contributed by atoms with Crippen LogP contribution in [0.4, 0.5) is 14.9 Å². The van der Waals surface area contributed by atoms with E-state index in [1.165, 1.54) is 11.0 Å². The number of hydrogen-bond acceptors (Lipinski definition) is 2.